The average Bonchev–Trinajstić information content (AvgIpc) is 2.44. The summed E-state index contributed by atoms with van der Waals surface area (Å²) in [7, 11) is 0. The Morgan fingerprint density at radius 2 is 1.76 bits per heavy atom. The summed E-state index contributed by atoms with van der Waals surface area (Å²) >= 11 is 3.16. The van der Waals surface area contributed by atoms with E-state index in [1.54, 1.807) is 6.92 Å². The van der Waals surface area contributed by atoms with E-state index in [9.17, 15) is 13.6 Å². The molecule has 0 radical (unpaired) electrons. The Balaban J connectivity index is 2.00. The summed E-state index contributed by atoms with van der Waals surface area (Å²) in [5, 5.41) is 2.60. The Morgan fingerprint density at radius 1 is 1.14 bits per heavy atom. The van der Waals surface area contributed by atoms with Gasteiger partial charge >= 0.3 is 0 Å². The number of ether oxygens (including phenoxy) is 1. The highest BCUT2D eigenvalue weighted by molar-refractivity contribution is 9.10. The summed E-state index contributed by atoms with van der Waals surface area (Å²) < 4.78 is 31.6. The lowest BCUT2D eigenvalue weighted by Crippen LogP contribution is -2.30. The highest BCUT2D eigenvalue weighted by Crippen LogP contribution is 2.26. The van der Waals surface area contributed by atoms with Gasteiger partial charge in [0, 0.05) is 5.69 Å². The molecule has 0 saturated carbocycles. The van der Waals surface area contributed by atoms with Gasteiger partial charge in [0.25, 0.3) is 5.91 Å². The van der Waals surface area contributed by atoms with Crippen LogP contribution in [0.15, 0.2) is 46.9 Å². The summed E-state index contributed by atoms with van der Waals surface area (Å²) in [4.78, 5) is 12.0. The first kappa shape index (κ1) is 15.4. The summed E-state index contributed by atoms with van der Waals surface area (Å²) in [6.45, 7) is 1.56. The maximum Gasteiger partial charge on any atom is 0.265 e. The molecule has 0 aliphatic rings. The Kier molecular flexibility index (Phi) is 4.90. The van der Waals surface area contributed by atoms with E-state index in [1.807, 2.05) is 0 Å². The van der Waals surface area contributed by atoms with E-state index < -0.39 is 17.8 Å². The summed E-state index contributed by atoms with van der Waals surface area (Å²) in [5.41, 5.74) is 0.468. The van der Waals surface area contributed by atoms with Gasteiger partial charge in [-0.05, 0) is 65.3 Å². The van der Waals surface area contributed by atoms with Crippen molar-refractivity contribution in [2.24, 2.45) is 0 Å². The Bertz CT molecular complexity index is 647. The van der Waals surface area contributed by atoms with Crippen molar-refractivity contribution in [2.75, 3.05) is 5.32 Å². The van der Waals surface area contributed by atoms with Crippen LogP contribution in [0.25, 0.3) is 0 Å². The lowest BCUT2D eigenvalue weighted by molar-refractivity contribution is -0.122. The molecule has 0 heterocycles. The number of carbonyl (C=O) groups is 1. The van der Waals surface area contributed by atoms with Crippen molar-refractivity contribution in [3.8, 4) is 5.75 Å². The van der Waals surface area contributed by atoms with Crippen LogP contribution in [0.2, 0.25) is 0 Å². The molecule has 0 saturated heterocycles. The van der Waals surface area contributed by atoms with E-state index in [0.717, 1.165) is 0 Å². The Morgan fingerprint density at radius 3 is 2.38 bits per heavy atom. The van der Waals surface area contributed by atoms with E-state index >= 15 is 0 Å². The number of rotatable bonds is 4. The van der Waals surface area contributed by atoms with Gasteiger partial charge in [-0.25, -0.2) is 8.78 Å². The molecule has 1 atom stereocenters. The Hall–Kier alpha value is -1.95. The smallest absolute Gasteiger partial charge is 0.265 e. The maximum absolute atomic E-state index is 13.0. The van der Waals surface area contributed by atoms with Crippen LogP contribution < -0.4 is 10.1 Å². The molecule has 0 fully saturated rings. The van der Waals surface area contributed by atoms with Crippen LogP contribution in [0.1, 0.15) is 6.92 Å². The summed E-state index contributed by atoms with van der Waals surface area (Å²) in [5.74, 6) is -0.818. The standard InChI is InChI=1S/C15H12BrF2NO2/c1-9(21-14-7-4-11(18)8-13(14)16)15(20)19-12-5-2-10(17)3-6-12/h2-9H,1H3,(H,19,20)/t9-/m0/s1. The molecule has 2 aromatic carbocycles. The topological polar surface area (TPSA) is 38.3 Å². The SMILES string of the molecule is C[C@H](Oc1ccc(F)cc1Br)C(=O)Nc1ccc(F)cc1. The van der Waals surface area contributed by atoms with Gasteiger partial charge in [-0.1, -0.05) is 0 Å². The van der Waals surface area contributed by atoms with Crippen LogP contribution in [0.4, 0.5) is 14.5 Å². The lowest BCUT2D eigenvalue weighted by Gasteiger charge is -2.15. The lowest BCUT2D eigenvalue weighted by atomic mass is 10.3. The number of carbonyl (C=O) groups excluding carboxylic acids is 1. The highest BCUT2D eigenvalue weighted by atomic mass is 79.9. The van der Waals surface area contributed by atoms with Crippen molar-refractivity contribution in [3.05, 3.63) is 58.6 Å². The molecule has 1 amide bonds. The number of halogens is 3. The second-order valence-corrected chi connectivity index (χ2v) is 5.19. The zero-order valence-corrected chi connectivity index (χ0v) is 12.7. The molecule has 0 aliphatic carbocycles. The van der Waals surface area contributed by atoms with Gasteiger partial charge in [-0.3, -0.25) is 4.79 Å². The minimum absolute atomic E-state index is 0.359. The van der Waals surface area contributed by atoms with E-state index in [1.165, 1.54) is 42.5 Å². The first-order valence-electron chi connectivity index (χ1n) is 6.14. The van der Waals surface area contributed by atoms with E-state index in [-0.39, 0.29) is 5.82 Å². The van der Waals surface area contributed by atoms with E-state index in [4.69, 9.17) is 4.74 Å². The third kappa shape index (κ3) is 4.26. The number of hydrogen-bond donors (Lipinski definition) is 1. The second kappa shape index (κ2) is 6.67. The molecular formula is C15H12BrF2NO2. The van der Waals surface area contributed by atoms with E-state index in [0.29, 0.717) is 15.9 Å². The fourth-order valence-corrected chi connectivity index (χ4v) is 2.04. The largest absolute Gasteiger partial charge is 0.480 e. The minimum Gasteiger partial charge on any atom is -0.480 e. The number of benzene rings is 2. The number of hydrogen-bond acceptors (Lipinski definition) is 2. The van der Waals surface area contributed by atoms with Crippen molar-refractivity contribution >= 4 is 27.5 Å². The predicted molar refractivity (Wildman–Crippen MR) is 79.2 cm³/mol. The van der Waals surface area contributed by atoms with Gasteiger partial charge in [-0.2, -0.15) is 0 Å². The van der Waals surface area contributed by atoms with Crippen LogP contribution in [-0.2, 0) is 4.79 Å². The van der Waals surface area contributed by atoms with Crippen molar-refractivity contribution in [2.45, 2.75) is 13.0 Å². The van der Waals surface area contributed by atoms with Crippen molar-refractivity contribution in [1.29, 1.82) is 0 Å². The molecule has 2 rings (SSSR count). The van der Waals surface area contributed by atoms with E-state index in [2.05, 4.69) is 21.2 Å². The first-order chi connectivity index (χ1) is 9.95. The van der Waals surface area contributed by atoms with Gasteiger partial charge in [0.1, 0.15) is 17.4 Å². The molecule has 0 aromatic heterocycles. The van der Waals surface area contributed by atoms with Crippen LogP contribution >= 0.6 is 15.9 Å². The highest BCUT2D eigenvalue weighted by Gasteiger charge is 2.16. The van der Waals surface area contributed by atoms with Crippen LogP contribution in [-0.4, -0.2) is 12.0 Å². The van der Waals surface area contributed by atoms with Gasteiger partial charge in [0.15, 0.2) is 6.10 Å². The zero-order chi connectivity index (χ0) is 15.4. The summed E-state index contributed by atoms with van der Waals surface area (Å²) in [6, 6.07) is 9.32. The van der Waals surface area contributed by atoms with Crippen LogP contribution in [0.3, 0.4) is 0 Å². The molecule has 1 N–H and O–H groups in total. The van der Waals surface area contributed by atoms with Gasteiger partial charge in [-0.15, -0.1) is 0 Å². The third-order valence-electron chi connectivity index (χ3n) is 2.68. The fourth-order valence-electron chi connectivity index (χ4n) is 1.59. The third-order valence-corrected chi connectivity index (χ3v) is 3.30. The Labute approximate surface area is 129 Å². The number of amides is 1. The fraction of sp³-hybridized carbons (Fsp3) is 0.133. The van der Waals surface area contributed by atoms with Crippen molar-refractivity contribution in [3.63, 3.8) is 0 Å². The molecular weight excluding hydrogens is 344 g/mol. The van der Waals surface area contributed by atoms with Gasteiger partial charge in [0.2, 0.25) is 0 Å². The molecule has 0 spiro atoms. The first-order valence-corrected chi connectivity index (χ1v) is 6.93. The quantitative estimate of drug-likeness (QED) is 0.895. The molecule has 21 heavy (non-hydrogen) atoms. The number of nitrogens with one attached hydrogen (secondary N) is 1. The zero-order valence-electron chi connectivity index (χ0n) is 11.1. The average molecular weight is 356 g/mol. The van der Waals surface area contributed by atoms with Crippen LogP contribution in [0, 0.1) is 11.6 Å². The van der Waals surface area contributed by atoms with Crippen molar-refractivity contribution < 1.29 is 18.3 Å². The maximum atomic E-state index is 13.0. The normalized spacial score (nSPS) is 11.8. The molecule has 2 aromatic rings. The second-order valence-electron chi connectivity index (χ2n) is 4.33. The molecule has 110 valence electrons. The molecule has 6 heteroatoms. The number of anilines is 1. The minimum atomic E-state index is -0.795. The predicted octanol–water partition coefficient (Wildman–Crippen LogP) is 4.13. The summed E-state index contributed by atoms with van der Waals surface area (Å²) in [6.07, 6.45) is -0.795. The van der Waals surface area contributed by atoms with Gasteiger partial charge in [0.05, 0.1) is 4.47 Å². The molecule has 0 unspecified atom stereocenters. The van der Waals surface area contributed by atoms with Crippen LogP contribution in [0.5, 0.6) is 5.75 Å². The molecule has 0 bridgehead atoms. The van der Waals surface area contributed by atoms with Crippen molar-refractivity contribution in [1.82, 2.24) is 0 Å². The molecule has 0 aliphatic heterocycles. The molecule has 3 nitrogen and oxygen atoms in total. The monoisotopic (exact) mass is 355 g/mol. The van der Waals surface area contributed by atoms with Gasteiger partial charge < -0.3 is 10.1 Å².